The summed E-state index contributed by atoms with van der Waals surface area (Å²) < 4.78 is 1.97. The third-order valence-corrected chi connectivity index (χ3v) is 6.93. The number of amides is 1. The van der Waals surface area contributed by atoms with E-state index in [4.69, 9.17) is 4.98 Å². The average molecular weight is 470 g/mol. The Labute approximate surface area is 205 Å². The number of nitrogens with zero attached hydrogens (tertiary/aromatic N) is 5. The zero-order valence-corrected chi connectivity index (χ0v) is 20.5. The number of hydrogen-bond donors (Lipinski definition) is 2. The molecular formula is C27H31N7O. The standard InChI is InChI=1S/C27H31N7O/c1-17(31-23-9-5-8-22(32-23)18-7-6-13-33(3)16-18)24-21(15-30-27(24)35)25(28-2)19-10-12-29-26-20(19)11-14-34(26)4/h5,8-12,14,18H,2,6-7,13,15-16H2,1,3-4H3,(H,30,35)(H,31,32)/b24-17-,25-21-/t18-/m1/s1. The van der Waals surface area contributed by atoms with Gasteiger partial charge in [-0.3, -0.25) is 9.79 Å². The smallest absolute Gasteiger partial charge is 0.253 e. The van der Waals surface area contributed by atoms with Crippen LogP contribution in [-0.2, 0) is 11.8 Å². The van der Waals surface area contributed by atoms with E-state index in [0.29, 0.717) is 23.7 Å². The van der Waals surface area contributed by atoms with E-state index in [2.05, 4.69) is 45.3 Å². The maximum absolute atomic E-state index is 12.9. The number of carbonyl (C=O) groups is 1. The van der Waals surface area contributed by atoms with Crippen LogP contribution in [0.1, 0.15) is 36.9 Å². The van der Waals surface area contributed by atoms with Crippen LogP contribution in [0, 0.1) is 0 Å². The number of pyridine rings is 2. The molecule has 0 bridgehead atoms. The molecule has 35 heavy (non-hydrogen) atoms. The largest absolute Gasteiger partial charge is 0.348 e. The van der Waals surface area contributed by atoms with Crippen LogP contribution in [0.4, 0.5) is 5.82 Å². The predicted molar refractivity (Wildman–Crippen MR) is 140 cm³/mol. The molecule has 2 aliphatic heterocycles. The molecule has 0 radical (unpaired) electrons. The Morgan fingerprint density at radius 2 is 2.11 bits per heavy atom. The number of fused-ring (bicyclic) bond motifs is 1. The number of hydrogen-bond acceptors (Lipinski definition) is 6. The van der Waals surface area contributed by atoms with Crippen molar-refractivity contribution in [2.24, 2.45) is 12.0 Å². The van der Waals surface area contributed by atoms with Gasteiger partial charge in [0.25, 0.3) is 5.91 Å². The number of carbonyl (C=O) groups excluding carboxylic acids is 1. The number of likely N-dealkylation sites (N-methyl/N-ethyl adjacent to an activating group) is 1. The van der Waals surface area contributed by atoms with Gasteiger partial charge in [-0.15, -0.1) is 0 Å². The number of allylic oxidation sites excluding steroid dienone is 1. The molecule has 2 aliphatic rings. The number of anilines is 1. The molecule has 0 unspecified atom stereocenters. The van der Waals surface area contributed by atoms with Crippen LogP contribution in [0.5, 0.6) is 0 Å². The highest BCUT2D eigenvalue weighted by atomic mass is 16.2. The Morgan fingerprint density at radius 3 is 2.91 bits per heavy atom. The quantitative estimate of drug-likeness (QED) is 0.439. The molecule has 5 heterocycles. The van der Waals surface area contributed by atoms with Crippen LogP contribution in [0.3, 0.4) is 0 Å². The van der Waals surface area contributed by atoms with Crippen molar-refractivity contribution < 1.29 is 4.79 Å². The van der Waals surface area contributed by atoms with Gasteiger partial charge in [0, 0.05) is 66.4 Å². The first-order chi connectivity index (χ1) is 17.0. The first kappa shape index (κ1) is 23.0. The van der Waals surface area contributed by atoms with Crippen molar-refractivity contribution in [3.05, 3.63) is 70.8 Å². The van der Waals surface area contributed by atoms with E-state index in [1.165, 1.54) is 6.42 Å². The molecule has 0 spiro atoms. The van der Waals surface area contributed by atoms with Crippen LogP contribution < -0.4 is 10.6 Å². The minimum absolute atomic E-state index is 0.130. The highest BCUT2D eigenvalue weighted by Crippen LogP contribution is 2.33. The fraction of sp³-hybridized carbons (Fsp3) is 0.333. The highest BCUT2D eigenvalue weighted by molar-refractivity contribution is 6.06. The van der Waals surface area contributed by atoms with Crippen molar-refractivity contribution in [3.63, 3.8) is 0 Å². The van der Waals surface area contributed by atoms with E-state index in [1.54, 1.807) is 6.20 Å². The van der Waals surface area contributed by atoms with Gasteiger partial charge >= 0.3 is 0 Å². The van der Waals surface area contributed by atoms with Gasteiger partial charge in [-0.2, -0.15) is 0 Å². The summed E-state index contributed by atoms with van der Waals surface area (Å²) in [4.78, 5) is 29.0. The molecule has 2 N–H and O–H groups in total. The molecule has 1 atom stereocenters. The second kappa shape index (κ2) is 9.46. The zero-order chi connectivity index (χ0) is 24.5. The van der Waals surface area contributed by atoms with Gasteiger partial charge in [-0.25, -0.2) is 9.97 Å². The molecule has 0 aromatic carbocycles. The molecule has 0 saturated carbocycles. The third kappa shape index (κ3) is 4.37. The van der Waals surface area contributed by atoms with E-state index in [1.807, 2.05) is 49.0 Å². The monoisotopic (exact) mass is 469 g/mol. The summed E-state index contributed by atoms with van der Waals surface area (Å²) in [6.07, 6.45) is 6.06. The third-order valence-electron chi connectivity index (χ3n) is 6.93. The van der Waals surface area contributed by atoms with Crippen molar-refractivity contribution in [1.29, 1.82) is 0 Å². The maximum Gasteiger partial charge on any atom is 0.253 e. The maximum atomic E-state index is 12.9. The topological polar surface area (TPSA) is 87.4 Å². The molecule has 3 aromatic rings. The second-order valence-corrected chi connectivity index (χ2v) is 9.36. The Morgan fingerprint density at radius 1 is 1.26 bits per heavy atom. The normalized spacial score (nSPS) is 21.7. The molecule has 0 aliphatic carbocycles. The van der Waals surface area contributed by atoms with E-state index in [9.17, 15) is 4.79 Å². The lowest BCUT2D eigenvalue weighted by atomic mass is 9.94. The van der Waals surface area contributed by atoms with Gasteiger partial charge < -0.3 is 20.1 Å². The van der Waals surface area contributed by atoms with Crippen LogP contribution in [0.15, 0.2) is 64.6 Å². The summed E-state index contributed by atoms with van der Waals surface area (Å²) in [5.74, 6) is 1.03. The average Bonchev–Trinajstić information content (AvgIpc) is 3.43. The molecule has 3 aromatic heterocycles. The van der Waals surface area contributed by atoms with Gasteiger partial charge in [0.1, 0.15) is 11.5 Å². The van der Waals surface area contributed by atoms with Gasteiger partial charge in [-0.1, -0.05) is 6.07 Å². The summed E-state index contributed by atoms with van der Waals surface area (Å²) in [5, 5.41) is 7.32. The molecular weight excluding hydrogens is 438 g/mol. The van der Waals surface area contributed by atoms with E-state index in [0.717, 1.165) is 58.9 Å². The van der Waals surface area contributed by atoms with Crippen LogP contribution >= 0.6 is 0 Å². The summed E-state index contributed by atoms with van der Waals surface area (Å²) in [7, 11) is 4.12. The van der Waals surface area contributed by atoms with Gasteiger partial charge in [-0.05, 0) is 64.3 Å². The minimum Gasteiger partial charge on any atom is -0.348 e. The van der Waals surface area contributed by atoms with Crippen molar-refractivity contribution in [2.75, 3.05) is 32.0 Å². The van der Waals surface area contributed by atoms with Crippen molar-refractivity contribution >= 4 is 35.2 Å². The Hall–Kier alpha value is -3.78. The van der Waals surface area contributed by atoms with Crippen molar-refractivity contribution in [2.45, 2.75) is 25.7 Å². The summed E-state index contributed by atoms with van der Waals surface area (Å²) in [6, 6.07) is 10.0. The van der Waals surface area contributed by atoms with Gasteiger partial charge in [0.05, 0.1) is 11.3 Å². The molecule has 180 valence electrons. The van der Waals surface area contributed by atoms with Crippen molar-refractivity contribution in [1.82, 2.24) is 24.8 Å². The van der Waals surface area contributed by atoms with Gasteiger partial charge in [0.15, 0.2) is 0 Å². The highest BCUT2D eigenvalue weighted by Gasteiger charge is 2.29. The summed E-state index contributed by atoms with van der Waals surface area (Å²) >= 11 is 0. The SMILES string of the molecule is C=N/C(=C1/CNC(=O)/C1=C(/C)Nc1cccc([C@@H]2CCCN(C)C2)n1)c1ccnc2c1ccn2C. The number of rotatable bonds is 5. The number of nitrogens with one attached hydrogen (secondary N) is 2. The lowest BCUT2D eigenvalue weighted by molar-refractivity contribution is -0.116. The van der Waals surface area contributed by atoms with Gasteiger partial charge in [0.2, 0.25) is 0 Å². The molecule has 8 heteroatoms. The second-order valence-electron chi connectivity index (χ2n) is 9.36. The fourth-order valence-electron chi connectivity index (χ4n) is 5.21. The minimum atomic E-state index is -0.130. The van der Waals surface area contributed by atoms with Crippen LogP contribution in [0.2, 0.25) is 0 Å². The van der Waals surface area contributed by atoms with E-state index < -0.39 is 0 Å². The van der Waals surface area contributed by atoms with E-state index in [-0.39, 0.29) is 5.91 Å². The van der Waals surface area contributed by atoms with Crippen LogP contribution in [0.25, 0.3) is 16.7 Å². The predicted octanol–water partition coefficient (Wildman–Crippen LogP) is 3.71. The Balaban J connectivity index is 1.52. The zero-order valence-electron chi connectivity index (χ0n) is 20.5. The summed E-state index contributed by atoms with van der Waals surface area (Å²) in [5.41, 5.74) is 5.67. The molecule has 5 rings (SSSR count). The number of aryl methyl sites for hydroxylation is 1. The number of aliphatic imine (C=N–C) groups is 1. The molecule has 1 amide bonds. The number of likely N-dealkylation sites (tertiary alicyclic amines) is 1. The molecule has 8 nitrogen and oxygen atoms in total. The van der Waals surface area contributed by atoms with Crippen molar-refractivity contribution in [3.8, 4) is 0 Å². The lowest BCUT2D eigenvalue weighted by Gasteiger charge is -2.29. The van der Waals surface area contributed by atoms with E-state index >= 15 is 0 Å². The Bertz CT molecular complexity index is 1370. The number of piperidine rings is 1. The first-order valence-electron chi connectivity index (χ1n) is 12.0. The summed E-state index contributed by atoms with van der Waals surface area (Å²) in [6.45, 7) is 8.28. The first-order valence-corrected chi connectivity index (χ1v) is 12.0. The number of aromatic nitrogens is 3. The molecule has 2 saturated heterocycles. The lowest BCUT2D eigenvalue weighted by Crippen LogP contribution is -2.31. The fourth-order valence-corrected chi connectivity index (χ4v) is 5.21. The van der Waals surface area contributed by atoms with Crippen LogP contribution in [-0.4, -0.2) is 58.7 Å². The Kier molecular flexibility index (Phi) is 6.21. The molecule has 2 fully saturated rings.